The quantitative estimate of drug-likeness (QED) is 0.209. The first kappa shape index (κ1) is 21.6. The Kier molecular flexibility index (Phi) is 5.43. The van der Waals surface area contributed by atoms with Crippen LogP contribution < -0.4 is 5.32 Å². The molecule has 34 heavy (non-hydrogen) atoms. The Labute approximate surface area is 198 Å². The predicted octanol–water partition coefficient (Wildman–Crippen LogP) is 4.89. The van der Waals surface area contributed by atoms with Crippen molar-refractivity contribution >= 4 is 50.7 Å². The number of benzene rings is 1. The monoisotopic (exact) mass is 495 g/mol. The van der Waals surface area contributed by atoms with Gasteiger partial charge in [-0.05, 0) is 36.4 Å². The molecule has 10 nitrogen and oxygen atoms in total. The number of nitrogens with zero attached hydrogens (tertiary/aromatic N) is 6. The molecule has 0 radical (unpaired) electrons. The normalized spacial score (nSPS) is 11.0. The lowest BCUT2D eigenvalue weighted by molar-refractivity contribution is -0.380. The van der Waals surface area contributed by atoms with Crippen LogP contribution in [0.25, 0.3) is 28.1 Å². The first-order chi connectivity index (χ1) is 16.4. The summed E-state index contributed by atoms with van der Waals surface area (Å²) >= 11 is 6.86. The van der Waals surface area contributed by atoms with Crippen LogP contribution in [-0.4, -0.2) is 35.6 Å². The number of pyridine rings is 1. The minimum atomic E-state index is -0.665. The van der Waals surface area contributed by atoms with Gasteiger partial charge in [-0.25, -0.2) is 19.6 Å². The Morgan fingerprint density at radius 2 is 2.00 bits per heavy atom. The number of aromatic nitrogens is 5. The maximum atomic E-state index is 13.3. The number of hydrogen-bond acceptors (Lipinski definition) is 8. The van der Waals surface area contributed by atoms with Gasteiger partial charge in [-0.3, -0.25) is 14.9 Å². The molecule has 0 saturated carbocycles. The predicted molar refractivity (Wildman–Crippen MR) is 124 cm³/mol. The molecule has 0 aliphatic heterocycles. The van der Waals surface area contributed by atoms with E-state index in [1.807, 2.05) is 0 Å². The highest BCUT2D eigenvalue weighted by atomic mass is 35.5. The van der Waals surface area contributed by atoms with Crippen molar-refractivity contribution in [3.05, 3.63) is 86.9 Å². The van der Waals surface area contributed by atoms with Crippen molar-refractivity contribution in [3.63, 3.8) is 0 Å². The number of amides is 1. The summed E-state index contributed by atoms with van der Waals surface area (Å²) in [6.07, 6.45) is 2.75. The number of hydrogen-bond donors (Lipinski definition) is 1. The molecule has 1 N–H and O–H groups in total. The van der Waals surface area contributed by atoms with E-state index in [1.54, 1.807) is 24.3 Å². The topological polar surface area (TPSA) is 129 Å². The third-order valence-electron chi connectivity index (χ3n) is 4.69. The molecule has 0 aliphatic rings. The van der Waals surface area contributed by atoms with Gasteiger partial charge in [0.25, 0.3) is 5.91 Å². The van der Waals surface area contributed by atoms with Crippen LogP contribution in [0.1, 0.15) is 9.67 Å². The lowest BCUT2D eigenvalue weighted by Crippen LogP contribution is -2.12. The van der Waals surface area contributed by atoms with E-state index in [4.69, 9.17) is 11.6 Å². The van der Waals surface area contributed by atoms with Crippen LogP contribution in [0, 0.1) is 16.1 Å². The Balaban J connectivity index is 1.64. The summed E-state index contributed by atoms with van der Waals surface area (Å²) in [7, 11) is 0. The summed E-state index contributed by atoms with van der Waals surface area (Å²) in [6, 6.07) is 12.2. The molecule has 168 valence electrons. The SMILES string of the molecule is O=C(Nc1nc(-c2ccc(F)nc2)nc2c1cnn2-c1cccc(Cl)c1)c1ccc([N+](=O)[O-])s1. The highest BCUT2D eigenvalue weighted by Crippen LogP contribution is 2.29. The average Bonchev–Trinajstić information content (AvgIpc) is 3.48. The minimum Gasteiger partial charge on any atom is -0.305 e. The van der Waals surface area contributed by atoms with Crippen LogP contribution in [0.2, 0.25) is 5.02 Å². The zero-order valence-electron chi connectivity index (χ0n) is 16.8. The van der Waals surface area contributed by atoms with Gasteiger partial charge in [0.05, 0.1) is 27.1 Å². The van der Waals surface area contributed by atoms with Gasteiger partial charge in [-0.2, -0.15) is 9.49 Å². The zero-order chi connectivity index (χ0) is 23.8. The molecular formula is C21H11ClFN7O3S. The van der Waals surface area contributed by atoms with Gasteiger partial charge in [0.1, 0.15) is 5.82 Å². The molecule has 0 fully saturated rings. The third kappa shape index (κ3) is 4.07. The number of halogens is 2. The van der Waals surface area contributed by atoms with Crippen LogP contribution in [0.3, 0.4) is 0 Å². The molecule has 0 saturated heterocycles. The standard InChI is InChI=1S/C21H11ClFN7O3S/c22-12-2-1-3-13(8-12)29-20-14(10-25-29)19(26-18(27-20)11-4-6-16(23)24-9-11)28-21(31)15-5-7-17(34-15)30(32)33/h1-10H,(H,26,27,28,31). The smallest absolute Gasteiger partial charge is 0.305 e. The molecule has 4 heterocycles. The third-order valence-corrected chi connectivity index (χ3v) is 5.97. The van der Waals surface area contributed by atoms with Gasteiger partial charge in [0, 0.05) is 22.8 Å². The van der Waals surface area contributed by atoms with E-state index in [-0.39, 0.29) is 21.5 Å². The average molecular weight is 496 g/mol. The Morgan fingerprint density at radius 1 is 1.15 bits per heavy atom. The van der Waals surface area contributed by atoms with Gasteiger partial charge in [0.15, 0.2) is 11.5 Å². The molecule has 0 atom stereocenters. The fourth-order valence-electron chi connectivity index (χ4n) is 3.15. The molecule has 5 aromatic rings. The maximum Gasteiger partial charge on any atom is 0.324 e. The number of nitro groups is 1. The second-order valence-electron chi connectivity index (χ2n) is 6.89. The van der Waals surface area contributed by atoms with E-state index in [0.29, 0.717) is 27.3 Å². The van der Waals surface area contributed by atoms with E-state index in [0.717, 1.165) is 11.3 Å². The second kappa shape index (κ2) is 8.57. The van der Waals surface area contributed by atoms with E-state index < -0.39 is 16.8 Å². The molecule has 1 amide bonds. The van der Waals surface area contributed by atoms with Crippen LogP contribution in [0.5, 0.6) is 0 Å². The Morgan fingerprint density at radius 3 is 2.71 bits per heavy atom. The minimum absolute atomic E-state index is 0.124. The lowest BCUT2D eigenvalue weighted by Gasteiger charge is -2.09. The van der Waals surface area contributed by atoms with Gasteiger partial charge in [0.2, 0.25) is 5.95 Å². The second-order valence-corrected chi connectivity index (χ2v) is 8.39. The van der Waals surface area contributed by atoms with Gasteiger partial charge >= 0.3 is 5.00 Å². The van der Waals surface area contributed by atoms with Crippen LogP contribution >= 0.6 is 22.9 Å². The molecule has 0 bridgehead atoms. The van der Waals surface area contributed by atoms with Crippen LogP contribution in [0.4, 0.5) is 15.2 Å². The van der Waals surface area contributed by atoms with Crippen molar-refractivity contribution in [2.24, 2.45) is 0 Å². The first-order valence-corrected chi connectivity index (χ1v) is 10.8. The van der Waals surface area contributed by atoms with E-state index in [2.05, 4.69) is 25.4 Å². The van der Waals surface area contributed by atoms with Crippen molar-refractivity contribution in [1.29, 1.82) is 0 Å². The fourth-order valence-corrected chi connectivity index (χ4v) is 4.05. The molecular weight excluding hydrogens is 485 g/mol. The summed E-state index contributed by atoms with van der Waals surface area (Å²) in [6.45, 7) is 0. The number of rotatable bonds is 5. The summed E-state index contributed by atoms with van der Waals surface area (Å²) < 4.78 is 14.9. The molecule has 0 aliphatic carbocycles. The summed E-state index contributed by atoms with van der Waals surface area (Å²) in [5.41, 5.74) is 1.38. The van der Waals surface area contributed by atoms with Crippen LogP contribution in [-0.2, 0) is 0 Å². The zero-order valence-corrected chi connectivity index (χ0v) is 18.4. The van der Waals surface area contributed by atoms with E-state index in [1.165, 1.54) is 41.3 Å². The molecule has 0 unspecified atom stereocenters. The largest absolute Gasteiger partial charge is 0.324 e. The molecule has 4 aromatic heterocycles. The van der Waals surface area contributed by atoms with Crippen molar-refractivity contribution < 1.29 is 14.1 Å². The molecule has 1 aromatic carbocycles. The number of carbonyl (C=O) groups is 1. The highest BCUT2D eigenvalue weighted by molar-refractivity contribution is 7.17. The molecule has 13 heteroatoms. The van der Waals surface area contributed by atoms with E-state index >= 15 is 0 Å². The van der Waals surface area contributed by atoms with Gasteiger partial charge < -0.3 is 5.32 Å². The molecule has 5 rings (SSSR count). The van der Waals surface area contributed by atoms with Gasteiger partial charge in [-0.15, -0.1) is 0 Å². The van der Waals surface area contributed by atoms with E-state index in [9.17, 15) is 19.3 Å². The number of carbonyl (C=O) groups excluding carboxylic acids is 1. The van der Waals surface area contributed by atoms with Crippen molar-refractivity contribution in [2.45, 2.75) is 0 Å². The number of nitrogens with one attached hydrogen (secondary N) is 1. The van der Waals surface area contributed by atoms with Crippen molar-refractivity contribution in [3.8, 4) is 17.1 Å². The summed E-state index contributed by atoms with van der Waals surface area (Å²) in [5.74, 6) is -0.965. The Bertz CT molecular complexity index is 1570. The number of thiophene rings is 1. The number of anilines is 1. The summed E-state index contributed by atoms with van der Waals surface area (Å²) in [4.78, 5) is 36.0. The first-order valence-electron chi connectivity index (χ1n) is 9.58. The van der Waals surface area contributed by atoms with Crippen molar-refractivity contribution in [2.75, 3.05) is 5.32 Å². The highest BCUT2D eigenvalue weighted by Gasteiger charge is 2.20. The molecule has 0 spiro atoms. The number of fused-ring (bicyclic) bond motifs is 1. The van der Waals surface area contributed by atoms with Gasteiger partial charge in [-0.1, -0.05) is 29.0 Å². The lowest BCUT2D eigenvalue weighted by atomic mass is 10.2. The Hall–Kier alpha value is -4.29. The van der Waals surface area contributed by atoms with Crippen LogP contribution in [0.15, 0.2) is 60.9 Å². The van der Waals surface area contributed by atoms with Crippen molar-refractivity contribution in [1.82, 2.24) is 24.7 Å². The summed E-state index contributed by atoms with van der Waals surface area (Å²) in [5, 5.41) is 18.8. The maximum absolute atomic E-state index is 13.3. The fraction of sp³-hybridized carbons (Fsp3) is 0.